The molecule has 0 radical (unpaired) electrons. The molecule has 9 heteroatoms. The van der Waals surface area contributed by atoms with Crippen molar-refractivity contribution in [2.45, 2.75) is 13.0 Å². The molecule has 0 fully saturated rings. The summed E-state index contributed by atoms with van der Waals surface area (Å²) in [6.45, 7) is 1.61. The van der Waals surface area contributed by atoms with Gasteiger partial charge >= 0.3 is 5.97 Å². The number of carbonyl (C=O) groups excluding carboxylic acids is 1. The minimum atomic E-state index is -0.752. The average molecular weight is 379 g/mol. The van der Waals surface area contributed by atoms with Crippen LogP contribution in [-0.4, -0.2) is 21.1 Å². The summed E-state index contributed by atoms with van der Waals surface area (Å²) in [7, 11) is 0. The number of pyridine rings is 1. The maximum Gasteiger partial charge on any atom is 0.340 e. The van der Waals surface area contributed by atoms with E-state index in [4.69, 9.17) is 38.2 Å². The highest BCUT2D eigenvalue weighted by Crippen LogP contribution is 2.23. The number of anilines is 1. The third kappa shape index (κ3) is 3.89. The van der Waals surface area contributed by atoms with Crippen LogP contribution in [0.25, 0.3) is 11.4 Å². The molecular formula is C16H12Cl2N4O3. The molecule has 0 aliphatic rings. The highest BCUT2D eigenvalue weighted by atomic mass is 35.5. The zero-order valence-corrected chi connectivity index (χ0v) is 14.5. The van der Waals surface area contributed by atoms with E-state index in [0.717, 1.165) is 5.56 Å². The van der Waals surface area contributed by atoms with Gasteiger partial charge in [-0.25, -0.2) is 9.78 Å². The maximum absolute atomic E-state index is 12.1. The number of hydrogen-bond donors (Lipinski definition) is 1. The largest absolute Gasteiger partial charge is 0.449 e. The summed E-state index contributed by atoms with van der Waals surface area (Å²) in [6.07, 6.45) is 0.527. The van der Waals surface area contributed by atoms with Gasteiger partial charge in [-0.2, -0.15) is 4.98 Å². The van der Waals surface area contributed by atoms with Crippen molar-refractivity contribution in [1.82, 2.24) is 15.1 Å². The molecule has 1 unspecified atom stereocenters. The average Bonchev–Trinajstić information content (AvgIpc) is 3.08. The molecule has 2 heterocycles. The molecular weight excluding hydrogens is 367 g/mol. The van der Waals surface area contributed by atoms with Gasteiger partial charge in [-0.05, 0) is 37.3 Å². The first-order chi connectivity index (χ1) is 11.9. The molecule has 0 spiro atoms. The van der Waals surface area contributed by atoms with E-state index in [0.29, 0.717) is 10.8 Å². The van der Waals surface area contributed by atoms with Crippen LogP contribution in [0.5, 0.6) is 0 Å². The maximum atomic E-state index is 12.1. The smallest absolute Gasteiger partial charge is 0.340 e. The van der Waals surface area contributed by atoms with Gasteiger partial charge in [0.1, 0.15) is 0 Å². The van der Waals surface area contributed by atoms with Gasteiger partial charge < -0.3 is 15.0 Å². The Morgan fingerprint density at radius 3 is 2.68 bits per heavy atom. The molecule has 0 aliphatic carbocycles. The fourth-order valence-electron chi connectivity index (χ4n) is 1.97. The lowest BCUT2D eigenvalue weighted by atomic mass is 10.2. The summed E-state index contributed by atoms with van der Waals surface area (Å²) in [5.41, 5.74) is 6.71. The number of esters is 1. The van der Waals surface area contributed by atoms with Gasteiger partial charge in [-0.3, -0.25) is 0 Å². The molecule has 0 aliphatic heterocycles. The Balaban J connectivity index is 1.73. The van der Waals surface area contributed by atoms with E-state index in [2.05, 4.69) is 15.1 Å². The minimum Gasteiger partial charge on any atom is -0.449 e. The van der Waals surface area contributed by atoms with Crippen molar-refractivity contribution in [2.24, 2.45) is 0 Å². The first-order valence-corrected chi connectivity index (χ1v) is 7.91. The standard InChI is InChI=1S/C16H12Cl2N4O3/c1-8(24-16(23)10-6-12(19)13(18)20-7-10)15-21-14(22-25-15)9-2-4-11(17)5-3-9/h2-8H,19H2,1H3. The Kier molecular flexibility index (Phi) is 4.87. The Bertz CT molecular complexity index is 912. The van der Waals surface area contributed by atoms with Crippen LogP contribution in [0.1, 0.15) is 29.3 Å². The third-order valence-corrected chi connectivity index (χ3v) is 3.85. The second kappa shape index (κ2) is 7.08. The van der Waals surface area contributed by atoms with Crippen LogP contribution in [0.3, 0.4) is 0 Å². The molecule has 2 aromatic heterocycles. The van der Waals surface area contributed by atoms with Crippen molar-refractivity contribution in [3.8, 4) is 11.4 Å². The van der Waals surface area contributed by atoms with E-state index < -0.39 is 12.1 Å². The number of benzene rings is 1. The summed E-state index contributed by atoms with van der Waals surface area (Å²) in [5, 5.41) is 4.59. The minimum absolute atomic E-state index is 0.120. The van der Waals surface area contributed by atoms with Crippen LogP contribution >= 0.6 is 23.2 Å². The molecule has 25 heavy (non-hydrogen) atoms. The highest BCUT2D eigenvalue weighted by Gasteiger charge is 2.21. The first-order valence-electron chi connectivity index (χ1n) is 7.15. The Morgan fingerprint density at radius 2 is 2.00 bits per heavy atom. The number of halogens is 2. The normalized spacial score (nSPS) is 12.0. The lowest BCUT2D eigenvalue weighted by Gasteiger charge is -2.09. The number of nitrogens with two attached hydrogens (primary N) is 1. The van der Waals surface area contributed by atoms with Crippen LogP contribution in [-0.2, 0) is 4.74 Å². The second-order valence-corrected chi connectivity index (χ2v) is 5.91. The van der Waals surface area contributed by atoms with E-state index in [1.165, 1.54) is 12.3 Å². The fraction of sp³-hybridized carbons (Fsp3) is 0.125. The monoisotopic (exact) mass is 378 g/mol. The van der Waals surface area contributed by atoms with Crippen LogP contribution in [0, 0.1) is 0 Å². The number of nitrogens with zero attached hydrogens (tertiary/aromatic N) is 3. The zero-order chi connectivity index (χ0) is 18.0. The van der Waals surface area contributed by atoms with E-state index in [1.807, 2.05) is 0 Å². The van der Waals surface area contributed by atoms with Crippen LogP contribution < -0.4 is 5.73 Å². The first kappa shape index (κ1) is 17.2. The van der Waals surface area contributed by atoms with Gasteiger partial charge in [0.25, 0.3) is 5.89 Å². The van der Waals surface area contributed by atoms with E-state index >= 15 is 0 Å². The van der Waals surface area contributed by atoms with E-state index in [9.17, 15) is 4.79 Å². The number of hydrogen-bond acceptors (Lipinski definition) is 7. The fourth-order valence-corrected chi connectivity index (χ4v) is 2.20. The summed E-state index contributed by atoms with van der Waals surface area (Å²) in [6, 6.07) is 8.34. The molecule has 0 bridgehead atoms. The second-order valence-electron chi connectivity index (χ2n) is 5.11. The lowest BCUT2D eigenvalue weighted by molar-refractivity contribution is 0.0265. The molecule has 3 rings (SSSR count). The van der Waals surface area contributed by atoms with Crippen molar-refractivity contribution in [2.75, 3.05) is 5.73 Å². The van der Waals surface area contributed by atoms with Crippen molar-refractivity contribution in [3.05, 3.63) is 58.2 Å². The van der Waals surface area contributed by atoms with Gasteiger partial charge in [-0.15, -0.1) is 0 Å². The zero-order valence-electron chi connectivity index (χ0n) is 12.9. The molecule has 1 aromatic carbocycles. The number of carbonyl (C=O) groups is 1. The number of ether oxygens (including phenoxy) is 1. The quantitative estimate of drug-likeness (QED) is 0.541. The van der Waals surface area contributed by atoms with Gasteiger partial charge in [-0.1, -0.05) is 28.4 Å². The molecule has 0 amide bonds. The van der Waals surface area contributed by atoms with Crippen molar-refractivity contribution in [1.29, 1.82) is 0 Å². The molecule has 2 N–H and O–H groups in total. The van der Waals surface area contributed by atoms with Crippen LogP contribution in [0.4, 0.5) is 5.69 Å². The molecule has 1 atom stereocenters. The predicted molar refractivity (Wildman–Crippen MR) is 92.2 cm³/mol. The predicted octanol–water partition coefficient (Wildman–Crippen LogP) is 3.94. The molecule has 128 valence electrons. The molecule has 0 saturated carbocycles. The molecule has 3 aromatic rings. The number of aromatic nitrogens is 3. The highest BCUT2D eigenvalue weighted by molar-refractivity contribution is 6.31. The SMILES string of the molecule is CC(OC(=O)c1cnc(Cl)c(N)c1)c1nc(-c2ccc(Cl)cc2)no1. The Morgan fingerprint density at radius 1 is 1.28 bits per heavy atom. The van der Waals surface area contributed by atoms with Crippen molar-refractivity contribution in [3.63, 3.8) is 0 Å². The number of nitrogen functional groups attached to an aromatic ring is 1. The van der Waals surface area contributed by atoms with Gasteiger partial charge in [0.2, 0.25) is 5.82 Å². The summed E-state index contributed by atoms with van der Waals surface area (Å²) < 4.78 is 10.4. The van der Waals surface area contributed by atoms with Crippen LogP contribution in [0.2, 0.25) is 10.2 Å². The topological polar surface area (TPSA) is 104 Å². The summed E-state index contributed by atoms with van der Waals surface area (Å²) in [4.78, 5) is 20.2. The van der Waals surface area contributed by atoms with Gasteiger partial charge in [0.15, 0.2) is 11.3 Å². The molecule has 7 nitrogen and oxygen atoms in total. The van der Waals surface area contributed by atoms with Gasteiger partial charge in [0.05, 0.1) is 11.3 Å². The van der Waals surface area contributed by atoms with Crippen molar-refractivity contribution < 1.29 is 14.1 Å². The van der Waals surface area contributed by atoms with Gasteiger partial charge in [0, 0.05) is 16.8 Å². The lowest BCUT2D eigenvalue weighted by Crippen LogP contribution is -2.10. The van der Waals surface area contributed by atoms with E-state index in [-0.39, 0.29) is 22.3 Å². The summed E-state index contributed by atoms with van der Waals surface area (Å²) >= 11 is 11.6. The van der Waals surface area contributed by atoms with E-state index in [1.54, 1.807) is 31.2 Å². The van der Waals surface area contributed by atoms with Crippen molar-refractivity contribution >= 4 is 34.9 Å². The third-order valence-electron chi connectivity index (χ3n) is 3.28. The van der Waals surface area contributed by atoms with Crippen LogP contribution in [0.15, 0.2) is 41.1 Å². The Labute approximate surface area is 152 Å². The molecule has 0 saturated heterocycles. The Hall–Kier alpha value is -2.64. The number of rotatable bonds is 4. The summed E-state index contributed by atoms with van der Waals surface area (Å²) in [5.74, 6) is -0.102.